The molecule has 7 heteroatoms. The van der Waals surface area contributed by atoms with Gasteiger partial charge in [0.2, 0.25) is 0 Å². The van der Waals surface area contributed by atoms with Crippen LogP contribution in [0.5, 0.6) is 0 Å². The summed E-state index contributed by atoms with van der Waals surface area (Å²) in [4.78, 5) is 16.0. The summed E-state index contributed by atoms with van der Waals surface area (Å²) in [6.45, 7) is 7.15. The van der Waals surface area contributed by atoms with Gasteiger partial charge in [0, 0.05) is 49.0 Å². The number of piperidine rings is 1. The van der Waals surface area contributed by atoms with Gasteiger partial charge in [0.25, 0.3) is 0 Å². The molecule has 0 spiro atoms. The first kappa shape index (κ1) is 18.6. The molecule has 0 aromatic carbocycles. The Hall–Kier alpha value is -2.80. The Bertz CT molecular complexity index is 906. The van der Waals surface area contributed by atoms with Crippen LogP contribution in [0.25, 0.3) is 0 Å². The fourth-order valence-corrected chi connectivity index (χ4v) is 3.92. The van der Waals surface area contributed by atoms with Crippen LogP contribution in [0, 0.1) is 19.8 Å². The molecular formula is C21H27N7. The predicted molar refractivity (Wildman–Crippen MR) is 109 cm³/mol. The van der Waals surface area contributed by atoms with Gasteiger partial charge in [-0.25, -0.2) is 9.97 Å². The Morgan fingerprint density at radius 3 is 2.93 bits per heavy atom. The second-order valence-electron chi connectivity index (χ2n) is 7.66. The summed E-state index contributed by atoms with van der Waals surface area (Å²) >= 11 is 0. The van der Waals surface area contributed by atoms with Crippen molar-refractivity contribution in [3.05, 3.63) is 59.4 Å². The highest BCUT2D eigenvalue weighted by atomic mass is 15.2. The zero-order valence-electron chi connectivity index (χ0n) is 16.5. The highest BCUT2D eigenvalue weighted by Gasteiger charge is 2.21. The van der Waals surface area contributed by atoms with Crippen molar-refractivity contribution >= 4 is 11.6 Å². The van der Waals surface area contributed by atoms with Crippen LogP contribution in [0.2, 0.25) is 0 Å². The zero-order chi connectivity index (χ0) is 19.3. The number of pyridine rings is 1. The smallest absolute Gasteiger partial charge is 0.153 e. The molecule has 1 aliphatic rings. The maximum atomic E-state index is 4.68. The average Bonchev–Trinajstić information content (AvgIpc) is 3.07. The zero-order valence-corrected chi connectivity index (χ0v) is 16.5. The van der Waals surface area contributed by atoms with Gasteiger partial charge in [-0.3, -0.25) is 15.0 Å². The van der Waals surface area contributed by atoms with E-state index in [1.165, 1.54) is 18.4 Å². The molecule has 0 unspecified atom stereocenters. The van der Waals surface area contributed by atoms with Crippen molar-refractivity contribution in [1.82, 2.24) is 30.0 Å². The van der Waals surface area contributed by atoms with E-state index in [4.69, 9.17) is 0 Å². The maximum Gasteiger partial charge on any atom is 0.153 e. The quantitative estimate of drug-likeness (QED) is 0.685. The van der Waals surface area contributed by atoms with E-state index in [0.29, 0.717) is 5.92 Å². The summed E-state index contributed by atoms with van der Waals surface area (Å²) in [5.41, 5.74) is 3.39. The number of aromatic nitrogens is 5. The molecule has 1 fully saturated rings. The Morgan fingerprint density at radius 2 is 2.14 bits per heavy atom. The number of aromatic amines is 1. The van der Waals surface area contributed by atoms with E-state index in [2.05, 4.69) is 47.5 Å². The Morgan fingerprint density at radius 1 is 1.21 bits per heavy atom. The van der Waals surface area contributed by atoms with Crippen LogP contribution in [0.15, 0.2) is 36.7 Å². The minimum atomic E-state index is 0.611. The molecular weight excluding hydrogens is 350 g/mol. The normalized spacial score (nSPS) is 17.6. The van der Waals surface area contributed by atoms with Crippen molar-refractivity contribution < 1.29 is 0 Å². The van der Waals surface area contributed by atoms with Crippen LogP contribution in [0.4, 0.5) is 11.6 Å². The summed E-state index contributed by atoms with van der Waals surface area (Å²) in [6, 6.07) is 8.18. The standard InChI is InChI=1S/C21H27N7/c1-15-9-21(27-26-15)25-20-11-19(23-16(2)24-20)10-17-6-4-8-28(13-17)14-18-5-3-7-22-12-18/h3,5,7,9,11-12,17H,4,6,8,10,13-14H2,1-2H3,(H2,23,24,25,26,27)/t17-/m0/s1. The largest absolute Gasteiger partial charge is 0.323 e. The maximum absolute atomic E-state index is 4.68. The predicted octanol–water partition coefficient (Wildman–Crippen LogP) is 3.41. The number of aryl methyl sites for hydroxylation is 2. The van der Waals surface area contributed by atoms with E-state index >= 15 is 0 Å². The molecule has 3 aromatic rings. The van der Waals surface area contributed by atoms with E-state index < -0.39 is 0 Å². The van der Waals surface area contributed by atoms with Gasteiger partial charge < -0.3 is 5.32 Å². The van der Waals surface area contributed by atoms with Crippen molar-refractivity contribution in [2.24, 2.45) is 5.92 Å². The van der Waals surface area contributed by atoms with Gasteiger partial charge in [0.1, 0.15) is 11.6 Å². The number of nitrogens with one attached hydrogen (secondary N) is 2. The number of hydrogen-bond acceptors (Lipinski definition) is 6. The molecule has 146 valence electrons. The first-order chi connectivity index (χ1) is 13.6. The lowest BCUT2D eigenvalue weighted by Gasteiger charge is -2.32. The summed E-state index contributed by atoms with van der Waals surface area (Å²) in [5.74, 6) is 2.98. The molecule has 28 heavy (non-hydrogen) atoms. The molecule has 4 rings (SSSR count). The second kappa shape index (κ2) is 8.48. The van der Waals surface area contributed by atoms with E-state index in [0.717, 1.165) is 54.9 Å². The summed E-state index contributed by atoms with van der Waals surface area (Å²) in [6.07, 6.45) is 7.24. The van der Waals surface area contributed by atoms with Gasteiger partial charge in [-0.2, -0.15) is 5.10 Å². The summed E-state index contributed by atoms with van der Waals surface area (Å²) < 4.78 is 0. The monoisotopic (exact) mass is 377 g/mol. The number of rotatable bonds is 6. The van der Waals surface area contributed by atoms with Crippen LogP contribution in [-0.2, 0) is 13.0 Å². The summed E-state index contributed by atoms with van der Waals surface area (Å²) in [5, 5.41) is 10.4. The first-order valence-electron chi connectivity index (χ1n) is 9.89. The molecule has 0 amide bonds. The minimum Gasteiger partial charge on any atom is -0.323 e. The number of H-pyrrole nitrogens is 1. The van der Waals surface area contributed by atoms with E-state index in [1.807, 2.05) is 38.4 Å². The van der Waals surface area contributed by atoms with Crippen molar-refractivity contribution in [3.63, 3.8) is 0 Å². The van der Waals surface area contributed by atoms with Gasteiger partial charge in [-0.1, -0.05) is 6.07 Å². The van der Waals surface area contributed by atoms with Gasteiger partial charge >= 0.3 is 0 Å². The van der Waals surface area contributed by atoms with Crippen LogP contribution in [-0.4, -0.2) is 43.1 Å². The third kappa shape index (κ3) is 4.92. The molecule has 2 N–H and O–H groups in total. The van der Waals surface area contributed by atoms with Crippen molar-refractivity contribution in [3.8, 4) is 0 Å². The molecule has 0 aliphatic carbocycles. The molecule has 0 bridgehead atoms. The fraction of sp³-hybridized carbons (Fsp3) is 0.429. The van der Waals surface area contributed by atoms with E-state index in [-0.39, 0.29) is 0 Å². The molecule has 0 radical (unpaired) electrons. The van der Waals surface area contributed by atoms with Crippen LogP contribution in [0.3, 0.4) is 0 Å². The van der Waals surface area contributed by atoms with Crippen LogP contribution in [0.1, 0.15) is 35.6 Å². The fourth-order valence-electron chi connectivity index (χ4n) is 3.92. The average molecular weight is 377 g/mol. The lowest BCUT2D eigenvalue weighted by molar-refractivity contribution is 0.166. The van der Waals surface area contributed by atoms with Crippen molar-refractivity contribution in [2.75, 3.05) is 18.4 Å². The van der Waals surface area contributed by atoms with Crippen LogP contribution < -0.4 is 5.32 Å². The first-order valence-corrected chi connectivity index (χ1v) is 9.89. The lowest BCUT2D eigenvalue weighted by Crippen LogP contribution is -2.35. The van der Waals surface area contributed by atoms with E-state index in [9.17, 15) is 0 Å². The number of nitrogens with zero attached hydrogens (tertiary/aromatic N) is 5. The topological polar surface area (TPSA) is 82.6 Å². The van der Waals surface area contributed by atoms with Gasteiger partial charge in [-0.05, 0) is 57.2 Å². The van der Waals surface area contributed by atoms with Gasteiger partial charge in [0.15, 0.2) is 5.82 Å². The molecule has 3 aromatic heterocycles. The number of anilines is 2. The Balaban J connectivity index is 1.40. The molecule has 1 atom stereocenters. The minimum absolute atomic E-state index is 0.611. The van der Waals surface area contributed by atoms with Crippen molar-refractivity contribution in [2.45, 2.75) is 39.7 Å². The second-order valence-corrected chi connectivity index (χ2v) is 7.66. The molecule has 1 aliphatic heterocycles. The third-order valence-electron chi connectivity index (χ3n) is 5.08. The van der Waals surface area contributed by atoms with Crippen molar-refractivity contribution in [1.29, 1.82) is 0 Å². The Labute approximate surface area is 165 Å². The highest BCUT2D eigenvalue weighted by Crippen LogP contribution is 2.23. The van der Waals surface area contributed by atoms with Gasteiger partial charge in [0.05, 0.1) is 0 Å². The lowest BCUT2D eigenvalue weighted by atomic mass is 9.93. The SMILES string of the molecule is Cc1nc(C[C@@H]2CCCN(Cc3cccnc3)C2)cc(Nc2cc(C)[nH]n2)n1. The van der Waals surface area contributed by atoms with Gasteiger partial charge in [-0.15, -0.1) is 0 Å². The summed E-state index contributed by atoms with van der Waals surface area (Å²) in [7, 11) is 0. The number of hydrogen-bond donors (Lipinski definition) is 2. The highest BCUT2D eigenvalue weighted by molar-refractivity contribution is 5.52. The molecule has 7 nitrogen and oxygen atoms in total. The van der Waals surface area contributed by atoms with Crippen LogP contribution >= 0.6 is 0 Å². The Kier molecular flexibility index (Phi) is 5.62. The molecule has 0 saturated carbocycles. The number of likely N-dealkylation sites (tertiary alicyclic amines) is 1. The molecule has 1 saturated heterocycles. The molecule has 4 heterocycles. The third-order valence-corrected chi connectivity index (χ3v) is 5.08. The van der Waals surface area contributed by atoms with E-state index in [1.54, 1.807) is 0 Å².